The fourth-order valence-corrected chi connectivity index (χ4v) is 6.65. The zero-order chi connectivity index (χ0) is 31.0. The predicted octanol–water partition coefficient (Wildman–Crippen LogP) is 6.04. The molecule has 1 heterocycles. The van der Waals surface area contributed by atoms with Gasteiger partial charge in [0, 0.05) is 31.2 Å². The van der Waals surface area contributed by atoms with Crippen molar-refractivity contribution in [3.63, 3.8) is 0 Å². The molecule has 44 heavy (non-hydrogen) atoms. The Kier molecular flexibility index (Phi) is 12.9. The van der Waals surface area contributed by atoms with Crippen LogP contribution in [0.3, 0.4) is 0 Å². The molecule has 0 fully saturated rings. The SMILES string of the molecule is COc1ccc(OCCCN(C)CCCc2ccc(OC)c(OC)c2OC)c(C2(OC)Sc3ccccc3N(C)C2=O)c1.Cl. The molecule has 0 aromatic heterocycles. The van der Waals surface area contributed by atoms with Gasteiger partial charge in [-0.25, -0.2) is 0 Å². The fourth-order valence-electron chi connectivity index (χ4n) is 5.31. The van der Waals surface area contributed by atoms with Crippen LogP contribution in [-0.4, -0.2) is 80.1 Å². The van der Waals surface area contributed by atoms with E-state index in [1.54, 1.807) is 47.5 Å². The van der Waals surface area contributed by atoms with Gasteiger partial charge < -0.3 is 38.2 Å². The Labute approximate surface area is 271 Å². The average molecular weight is 647 g/mol. The molecule has 1 aliphatic rings. The first-order chi connectivity index (χ1) is 20.8. The molecule has 0 bridgehead atoms. The molecule has 1 amide bonds. The molecule has 0 saturated carbocycles. The zero-order valence-electron chi connectivity index (χ0n) is 26.5. The fraction of sp³-hybridized carbons (Fsp3) is 0.424. The molecule has 3 aromatic rings. The number of anilines is 1. The van der Waals surface area contributed by atoms with Crippen LogP contribution in [0.15, 0.2) is 59.5 Å². The molecular weight excluding hydrogens is 604 g/mol. The van der Waals surface area contributed by atoms with Gasteiger partial charge in [-0.2, -0.15) is 0 Å². The molecule has 0 N–H and O–H groups in total. The monoisotopic (exact) mass is 646 g/mol. The molecule has 3 aromatic carbocycles. The van der Waals surface area contributed by atoms with Crippen molar-refractivity contribution in [3.8, 4) is 28.7 Å². The quantitative estimate of drug-likeness (QED) is 0.184. The molecule has 0 radical (unpaired) electrons. The normalized spacial score (nSPS) is 15.8. The number of fused-ring (bicyclic) bond motifs is 1. The number of carbonyl (C=O) groups excluding carboxylic acids is 1. The lowest BCUT2D eigenvalue weighted by atomic mass is 10.0. The largest absolute Gasteiger partial charge is 0.497 e. The first kappa shape index (κ1) is 35.2. The van der Waals surface area contributed by atoms with E-state index in [2.05, 4.69) is 11.9 Å². The van der Waals surface area contributed by atoms with Gasteiger partial charge in [-0.3, -0.25) is 4.79 Å². The van der Waals surface area contributed by atoms with E-state index in [-0.39, 0.29) is 18.3 Å². The number of rotatable bonds is 15. The summed E-state index contributed by atoms with van der Waals surface area (Å²) < 4.78 is 34.4. The number of carbonyl (C=O) groups is 1. The van der Waals surface area contributed by atoms with Crippen LogP contribution in [0.25, 0.3) is 0 Å². The summed E-state index contributed by atoms with van der Waals surface area (Å²) in [6, 6.07) is 17.3. The van der Waals surface area contributed by atoms with E-state index in [1.165, 1.54) is 11.8 Å². The number of halogens is 1. The molecule has 0 aliphatic carbocycles. The molecule has 240 valence electrons. The summed E-state index contributed by atoms with van der Waals surface area (Å²) >= 11 is 1.38. The van der Waals surface area contributed by atoms with Crippen molar-refractivity contribution in [2.75, 3.05) is 74.2 Å². The van der Waals surface area contributed by atoms with Gasteiger partial charge >= 0.3 is 0 Å². The smallest absolute Gasteiger partial charge is 0.274 e. The van der Waals surface area contributed by atoms with Crippen molar-refractivity contribution in [3.05, 3.63) is 65.7 Å². The van der Waals surface area contributed by atoms with Gasteiger partial charge in [0.15, 0.2) is 11.5 Å². The molecule has 4 rings (SSSR count). The summed E-state index contributed by atoms with van der Waals surface area (Å²) in [5, 5.41) is 0. The zero-order valence-corrected chi connectivity index (χ0v) is 28.1. The molecule has 11 heteroatoms. The highest BCUT2D eigenvalue weighted by molar-refractivity contribution is 8.01. The van der Waals surface area contributed by atoms with Crippen LogP contribution in [-0.2, 0) is 20.9 Å². The lowest BCUT2D eigenvalue weighted by molar-refractivity contribution is -0.131. The Balaban J connectivity index is 0.00000529. The van der Waals surface area contributed by atoms with Gasteiger partial charge in [0.1, 0.15) is 11.5 Å². The topological polar surface area (TPSA) is 78.9 Å². The molecule has 0 saturated heterocycles. The summed E-state index contributed by atoms with van der Waals surface area (Å²) in [7, 11) is 11.9. The molecule has 0 spiro atoms. The van der Waals surface area contributed by atoms with Crippen molar-refractivity contribution in [1.82, 2.24) is 4.90 Å². The first-order valence-corrected chi connectivity index (χ1v) is 15.0. The Bertz CT molecular complexity index is 1410. The Morgan fingerprint density at radius 2 is 1.55 bits per heavy atom. The molecule has 9 nitrogen and oxygen atoms in total. The molecule has 1 aliphatic heterocycles. The maximum atomic E-state index is 13.8. The molecular formula is C33H43ClN2O7S. The lowest BCUT2D eigenvalue weighted by Crippen LogP contribution is -2.47. The number of likely N-dealkylation sites (N-methyl/N-ethyl adjacent to an activating group) is 1. The van der Waals surface area contributed by atoms with Gasteiger partial charge in [-0.15, -0.1) is 12.4 Å². The van der Waals surface area contributed by atoms with Crippen molar-refractivity contribution in [2.45, 2.75) is 29.1 Å². The summed E-state index contributed by atoms with van der Waals surface area (Å²) in [5.41, 5.74) is 2.56. The number of aryl methyl sites for hydroxylation is 1. The highest BCUT2D eigenvalue weighted by Gasteiger charge is 2.50. The number of ether oxygens (including phenoxy) is 6. The van der Waals surface area contributed by atoms with E-state index < -0.39 is 4.93 Å². The van der Waals surface area contributed by atoms with E-state index in [0.29, 0.717) is 40.9 Å². The number of methoxy groups -OCH3 is 5. The van der Waals surface area contributed by atoms with Crippen LogP contribution in [0.4, 0.5) is 5.69 Å². The minimum atomic E-state index is -1.31. The van der Waals surface area contributed by atoms with Crippen molar-refractivity contribution >= 4 is 35.8 Å². The van der Waals surface area contributed by atoms with Crippen LogP contribution >= 0.6 is 24.2 Å². The first-order valence-electron chi connectivity index (χ1n) is 14.2. The number of thioether (sulfide) groups is 1. The van der Waals surface area contributed by atoms with E-state index in [1.807, 2.05) is 54.6 Å². The predicted molar refractivity (Wildman–Crippen MR) is 177 cm³/mol. The van der Waals surface area contributed by atoms with Gasteiger partial charge in [0.25, 0.3) is 5.91 Å². The third-order valence-corrected chi connectivity index (χ3v) is 9.02. The minimum Gasteiger partial charge on any atom is -0.497 e. The summed E-state index contributed by atoms with van der Waals surface area (Å²) in [4.78, 5) is 17.4. The number of hydrogen-bond acceptors (Lipinski definition) is 9. The van der Waals surface area contributed by atoms with Gasteiger partial charge in [-0.05, 0) is 74.8 Å². The number of benzene rings is 3. The van der Waals surface area contributed by atoms with E-state index in [9.17, 15) is 4.79 Å². The molecule has 1 atom stereocenters. The van der Waals surface area contributed by atoms with Crippen molar-refractivity contribution < 1.29 is 33.2 Å². The third kappa shape index (κ3) is 7.31. The second-order valence-corrected chi connectivity index (χ2v) is 11.4. The van der Waals surface area contributed by atoms with Crippen LogP contribution in [0.2, 0.25) is 0 Å². The minimum absolute atomic E-state index is 0. The van der Waals surface area contributed by atoms with E-state index in [4.69, 9.17) is 28.4 Å². The highest BCUT2D eigenvalue weighted by atomic mass is 35.5. The summed E-state index contributed by atoms with van der Waals surface area (Å²) in [5.74, 6) is 3.03. The second kappa shape index (κ2) is 16.1. The number of amides is 1. The number of nitrogens with zero attached hydrogens (tertiary/aromatic N) is 2. The molecule has 1 unspecified atom stereocenters. The lowest BCUT2D eigenvalue weighted by Gasteiger charge is -2.40. The number of para-hydroxylation sites is 1. The maximum absolute atomic E-state index is 13.8. The Morgan fingerprint density at radius 3 is 2.23 bits per heavy atom. The van der Waals surface area contributed by atoms with E-state index >= 15 is 0 Å². The van der Waals surface area contributed by atoms with Crippen LogP contribution in [0.5, 0.6) is 28.7 Å². The number of hydrogen-bond donors (Lipinski definition) is 0. The van der Waals surface area contributed by atoms with E-state index in [0.717, 1.165) is 48.5 Å². The van der Waals surface area contributed by atoms with Crippen molar-refractivity contribution in [2.24, 2.45) is 0 Å². The van der Waals surface area contributed by atoms with Gasteiger partial charge in [-0.1, -0.05) is 30.0 Å². The van der Waals surface area contributed by atoms with Crippen LogP contribution in [0.1, 0.15) is 24.0 Å². The van der Waals surface area contributed by atoms with Gasteiger partial charge in [0.05, 0.1) is 40.7 Å². The Morgan fingerprint density at radius 1 is 0.841 bits per heavy atom. The van der Waals surface area contributed by atoms with Gasteiger partial charge in [0.2, 0.25) is 10.7 Å². The average Bonchev–Trinajstić information content (AvgIpc) is 3.04. The van der Waals surface area contributed by atoms with Crippen LogP contribution < -0.4 is 28.6 Å². The second-order valence-electron chi connectivity index (χ2n) is 10.2. The van der Waals surface area contributed by atoms with Crippen LogP contribution in [0, 0.1) is 0 Å². The van der Waals surface area contributed by atoms with Crippen molar-refractivity contribution in [1.29, 1.82) is 0 Å². The third-order valence-electron chi connectivity index (χ3n) is 7.61. The standard InChI is InChI=1S/C33H42N2O7S.ClH/c1-34(19-10-12-23-15-17-28(38-4)31(40-6)30(23)39-5)20-11-21-42-27-18-16-24(37-3)22-25(27)33(41-7)32(36)35(2)26-13-8-9-14-29(26)43-33;/h8-9,13-18,22H,10-12,19-21H2,1-7H3;1H. The summed E-state index contributed by atoms with van der Waals surface area (Å²) in [6.45, 7) is 2.25. The maximum Gasteiger partial charge on any atom is 0.274 e. The Hall–Kier alpha value is -3.31. The summed E-state index contributed by atoms with van der Waals surface area (Å²) in [6.07, 6.45) is 2.61. The highest BCUT2D eigenvalue weighted by Crippen LogP contribution is 2.53.